The number of imide groups is 1. The highest BCUT2D eigenvalue weighted by atomic mass is 16.2. The van der Waals surface area contributed by atoms with Gasteiger partial charge in [-0.1, -0.05) is 6.42 Å². The number of piperidine rings is 2. The first-order valence-electron chi connectivity index (χ1n) is 10.3. The molecule has 28 heavy (non-hydrogen) atoms. The van der Waals surface area contributed by atoms with E-state index in [2.05, 4.69) is 22.3 Å². The van der Waals surface area contributed by atoms with E-state index in [0.717, 1.165) is 29.8 Å². The summed E-state index contributed by atoms with van der Waals surface area (Å²) in [6, 6.07) is 5.44. The molecular formula is C21H26N4O3. The Morgan fingerprint density at radius 2 is 1.79 bits per heavy atom. The predicted molar refractivity (Wildman–Crippen MR) is 106 cm³/mol. The number of carbonyl (C=O) groups is 2. The Hall–Kier alpha value is -2.57. The molecule has 3 heterocycles. The van der Waals surface area contributed by atoms with Crippen molar-refractivity contribution in [1.29, 1.82) is 0 Å². The molecule has 148 valence electrons. The van der Waals surface area contributed by atoms with Crippen LogP contribution in [-0.4, -0.2) is 34.0 Å². The first-order valence-corrected chi connectivity index (χ1v) is 10.3. The molecule has 1 N–H and O–H groups in total. The maximum Gasteiger partial charge on any atom is 0.329 e. The molecule has 1 saturated carbocycles. The van der Waals surface area contributed by atoms with Gasteiger partial charge in [0.05, 0.1) is 11.0 Å². The van der Waals surface area contributed by atoms with Crippen LogP contribution in [0.4, 0.5) is 5.69 Å². The molecule has 2 aliphatic heterocycles. The minimum atomic E-state index is -0.631. The van der Waals surface area contributed by atoms with Crippen molar-refractivity contribution >= 4 is 28.5 Å². The topological polar surface area (TPSA) is 76.3 Å². The number of nitrogens with zero attached hydrogens (tertiary/aromatic N) is 3. The second kappa shape index (κ2) is 6.22. The fraction of sp³-hybridized carbons (Fsp3) is 0.571. The number of benzene rings is 1. The number of amides is 2. The number of rotatable bonds is 2. The minimum Gasteiger partial charge on any atom is -0.371 e. The van der Waals surface area contributed by atoms with Crippen LogP contribution in [0.1, 0.15) is 51.0 Å². The Labute approximate surface area is 163 Å². The Balaban J connectivity index is 1.48. The smallest absolute Gasteiger partial charge is 0.329 e. The van der Waals surface area contributed by atoms with Gasteiger partial charge in [-0.25, -0.2) is 4.79 Å². The van der Waals surface area contributed by atoms with Crippen LogP contribution in [0, 0.1) is 5.41 Å². The molecule has 1 atom stereocenters. The standard InChI is InChI=1S/C21H26N4O3/c1-23-17-13-14(24-11-9-21(10-12-24)7-2-8-21)3-4-15(17)25(20(23)28)16-5-6-18(26)22-19(16)27/h3-4,13,16H,2,5-12H2,1H3,(H,22,26,27). The first-order chi connectivity index (χ1) is 13.5. The van der Waals surface area contributed by atoms with Gasteiger partial charge in [0.25, 0.3) is 0 Å². The summed E-state index contributed by atoms with van der Waals surface area (Å²) in [7, 11) is 1.75. The van der Waals surface area contributed by atoms with Gasteiger partial charge in [0.2, 0.25) is 11.8 Å². The molecule has 1 spiro atoms. The molecule has 7 nitrogen and oxygen atoms in total. The molecule has 1 unspecified atom stereocenters. The molecule has 2 saturated heterocycles. The number of fused-ring (bicyclic) bond motifs is 1. The molecule has 2 amide bonds. The molecule has 0 bridgehead atoms. The van der Waals surface area contributed by atoms with Crippen LogP contribution in [0.3, 0.4) is 0 Å². The van der Waals surface area contributed by atoms with Gasteiger partial charge in [0.15, 0.2) is 0 Å². The van der Waals surface area contributed by atoms with Crippen molar-refractivity contribution in [3.05, 3.63) is 28.7 Å². The molecule has 1 aromatic heterocycles. The Kier molecular flexibility index (Phi) is 3.89. The molecule has 0 radical (unpaired) electrons. The SMILES string of the molecule is Cn1c(=O)n(C2CCC(=O)NC2=O)c2ccc(N3CCC4(CCC4)CC3)cc21. The summed E-state index contributed by atoms with van der Waals surface area (Å²) in [5, 5.41) is 2.36. The third-order valence-corrected chi connectivity index (χ3v) is 7.20. The van der Waals surface area contributed by atoms with Crippen LogP contribution in [-0.2, 0) is 16.6 Å². The zero-order chi connectivity index (χ0) is 19.5. The number of nitrogens with one attached hydrogen (secondary N) is 1. The largest absolute Gasteiger partial charge is 0.371 e. The number of aromatic nitrogens is 2. The predicted octanol–water partition coefficient (Wildman–Crippen LogP) is 2.09. The first kappa shape index (κ1) is 17.5. The fourth-order valence-electron chi connectivity index (χ4n) is 5.19. The molecule has 3 aliphatic rings. The highest BCUT2D eigenvalue weighted by molar-refractivity contribution is 6.00. The number of carbonyl (C=O) groups excluding carboxylic acids is 2. The molecule has 2 aromatic rings. The van der Waals surface area contributed by atoms with E-state index in [4.69, 9.17) is 0 Å². The van der Waals surface area contributed by atoms with E-state index in [9.17, 15) is 14.4 Å². The van der Waals surface area contributed by atoms with Crippen molar-refractivity contribution < 1.29 is 9.59 Å². The summed E-state index contributed by atoms with van der Waals surface area (Å²) in [5.41, 5.74) is 3.10. The van der Waals surface area contributed by atoms with Crippen molar-refractivity contribution in [2.24, 2.45) is 12.5 Å². The highest BCUT2D eigenvalue weighted by Crippen LogP contribution is 2.49. The number of hydrogen-bond acceptors (Lipinski definition) is 4. The van der Waals surface area contributed by atoms with Crippen LogP contribution in [0.15, 0.2) is 23.0 Å². The molecular weight excluding hydrogens is 356 g/mol. The lowest BCUT2D eigenvalue weighted by Crippen LogP contribution is -2.44. The van der Waals surface area contributed by atoms with Crippen LogP contribution in [0.5, 0.6) is 0 Å². The molecule has 5 rings (SSSR count). The van der Waals surface area contributed by atoms with Crippen LogP contribution in [0.2, 0.25) is 0 Å². The molecule has 1 aliphatic carbocycles. The van der Waals surface area contributed by atoms with Crippen LogP contribution < -0.4 is 15.9 Å². The average Bonchev–Trinajstić information content (AvgIpc) is 2.91. The van der Waals surface area contributed by atoms with Gasteiger partial charge < -0.3 is 4.90 Å². The summed E-state index contributed by atoms with van der Waals surface area (Å²) in [6.45, 7) is 2.13. The van der Waals surface area contributed by atoms with Crippen LogP contribution >= 0.6 is 0 Å². The normalized spacial score (nSPS) is 24.5. The van der Waals surface area contributed by atoms with Gasteiger partial charge in [-0.15, -0.1) is 0 Å². The monoisotopic (exact) mass is 382 g/mol. The van der Waals surface area contributed by atoms with Crippen molar-refractivity contribution in [2.75, 3.05) is 18.0 Å². The van der Waals surface area contributed by atoms with Crippen molar-refractivity contribution in [2.45, 2.75) is 51.0 Å². The van der Waals surface area contributed by atoms with E-state index in [1.54, 1.807) is 16.2 Å². The quantitative estimate of drug-likeness (QED) is 0.807. The zero-order valence-corrected chi connectivity index (χ0v) is 16.2. The van der Waals surface area contributed by atoms with Crippen molar-refractivity contribution in [3.8, 4) is 0 Å². The van der Waals surface area contributed by atoms with Gasteiger partial charge in [0.1, 0.15) is 6.04 Å². The van der Waals surface area contributed by atoms with Gasteiger partial charge >= 0.3 is 5.69 Å². The van der Waals surface area contributed by atoms with E-state index in [1.165, 1.54) is 32.1 Å². The summed E-state index contributed by atoms with van der Waals surface area (Å²) in [6.07, 6.45) is 7.25. The van der Waals surface area contributed by atoms with Gasteiger partial charge in [0, 0.05) is 32.2 Å². The Bertz CT molecular complexity index is 1020. The molecule has 7 heteroatoms. The third-order valence-electron chi connectivity index (χ3n) is 7.20. The van der Waals surface area contributed by atoms with E-state index in [0.29, 0.717) is 11.8 Å². The Morgan fingerprint density at radius 1 is 1.04 bits per heavy atom. The maximum absolute atomic E-state index is 12.9. The summed E-state index contributed by atoms with van der Waals surface area (Å²) >= 11 is 0. The van der Waals surface area contributed by atoms with Crippen molar-refractivity contribution in [1.82, 2.24) is 14.5 Å². The average molecular weight is 382 g/mol. The van der Waals surface area contributed by atoms with E-state index in [1.807, 2.05) is 6.07 Å². The molecule has 1 aromatic carbocycles. The lowest BCUT2D eigenvalue weighted by molar-refractivity contribution is -0.135. The number of anilines is 1. The zero-order valence-electron chi connectivity index (χ0n) is 16.2. The second-order valence-electron chi connectivity index (χ2n) is 8.69. The van der Waals surface area contributed by atoms with Gasteiger partial charge in [-0.05, 0) is 55.7 Å². The summed E-state index contributed by atoms with van der Waals surface area (Å²) in [5.74, 6) is -0.664. The highest BCUT2D eigenvalue weighted by Gasteiger charge is 2.39. The number of imidazole rings is 1. The molecule has 3 fully saturated rings. The lowest BCUT2D eigenvalue weighted by Gasteiger charge is -2.48. The van der Waals surface area contributed by atoms with Gasteiger partial charge in [-0.2, -0.15) is 0 Å². The number of hydrogen-bond donors (Lipinski definition) is 1. The maximum atomic E-state index is 12.9. The second-order valence-corrected chi connectivity index (χ2v) is 8.69. The van der Waals surface area contributed by atoms with Crippen molar-refractivity contribution in [3.63, 3.8) is 0 Å². The Morgan fingerprint density at radius 3 is 2.43 bits per heavy atom. The lowest BCUT2D eigenvalue weighted by atomic mass is 9.63. The van der Waals surface area contributed by atoms with Gasteiger partial charge in [-0.3, -0.25) is 24.0 Å². The van der Waals surface area contributed by atoms with E-state index < -0.39 is 11.9 Å². The number of aryl methyl sites for hydroxylation is 1. The summed E-state index contributed by atoms with van der Waals surface area (Å²) < 4.78 is 3.15. The third kappa shape index (κ3) is 2.59. The summed E-state index contributed by atoms with van der Waals surface area (Å²) in [4.78, 5) is 39.1. The fourth-order valence-corrected chi connectivity index (χ4v) is 5.19. The van der Waals surface area contributed by atoms with Crippen LogP contribution in [0.25, 0.3) is 11.0 Å². The van der Waals surface area contributed by atoms with E-state index in [-0.39, 0.29) is 18.0 Å². The minimum absolute atomic E-state index is 0.214. The van der Waals surface area contributed by atoms with E-state index >= 15 is 0 Å².